The summed E-state index contributed by atoms with van der Waals surface area (Å²) >= 11 is 2.89. The van der Waals surface area contributed by atoms with Gasteiger partial charge in [0.05, 0.1) is 22.9 Å². The van der Waals surface area contributed by atoms with E-state index >= 15 is 0 Å². The summed E-state index contributed by atoms with van der Waals surface area (Å²) in [6, 6.07) is 5.99. The molecule has 0 aromatic heterocycles. The molecule has 32 heavy (non-hydrogen) atoms. The smallest absolute Gasteiger partial charge is 0.234 e. The first-order valence-corrected chi connectivity index (χ1v) is 12.3. The summed E-state index contributed by atoms with van der Waals surface area (Å²) < 4.78 is 52.7. The highest BCUT2D eigenvalue weighted by Gasteiger charge is 2.09. The Morgan fingerprint density at radius 1 is 0.656 bits per heavy atom. The fourth-order valence-electron chi connectivity index (χ4n) is 2.65. The van der Waals surface area contributed by atoms with Gasteiger partial charge >= 0.3 is 0 Å². The number of benzene rings is 2. The molecule has 2 aromatic rings. The van der Waals surface area contributed by atoms with Crippen LogP contribution in [-0.4, -0.2) is 34.8 Å². The molecule has 0 saturated heterocycles. The maximum atomic E-state index is 13.5. The number of rotatable bonds is 13. The Morgan fingerprint density at radius 2 is 1.06 bits per heavy atom. The molecule has 174 valence electrons. The lowest BCUT2D eigenvalue weighted by atomic mass is 10.2. The van der Waals surface area contributed by atoms with Gasteiger partial charge in [0, 0.05) is 12.1 Å². The number of unbranched alkanes of at least 4 members (excludes halogenated alkanes) is 3. The van der Waals surface area contributed by atoms with Crippen molar-refractivity contribution in [1.29, 1.82) is 0 Å². The van der Waals surface area contributed by atoms with Gasteiger partial charge in [0.25, 0.3) is 0 Å². The van der Waals surface area contributed by atoms with Crippen LogP contribution in [0.4, 0.5) is 28.9 Å². The van der Waals surface area contributed by atoms with E-state index in [1.807, 2.05) is 0 Å². The number of amides is 2. The van der Waals surface area contributed by atoms with Gasteiger partial charge < -0.3 is 10.6 Å². The summed E-state index contributed by atoms with van der Waals surface area (Å²) in [7, 11) is 0. The second-order valence-electron chi connectivity index (χ2n) is 6.86. The standard InChI is InChI=1S/C22H24F4N2O2S2/c23-15-5-7-19(17(25)11-15)27-21(29)13-31-9-3-1-2-4-10-32-14-22(30)28-20-8-6-16(24)12-18(20)26/h5-8,11-12H,1-4,9-10,13-14H2,(H,27,29)(H,28,30). The van der Waals surface area contributed by atoms with Gasteiger partial charge in [-0.3, -0.25) is 9.59 Å². The Kier molecular flexibility index (Phi) is 11.4. The Bertz CT molecular complexity index is 842. The van der Waals surface area contributed by atoms with Crippen molar-refractivity contribution in [3.05, 3.63) is 59.7 Å². The molecule has 0 aliphatic rings. The van der Waals surface area contributed by atoms with E-state index in [9.17, 15) is 27.2 Å². The van der Waals surface area contributed by atoms with Crippen molar-refractivity contribution in [3.8, 4) is 0 Å². The first kappa shape index (κ1) is 26.1. The van der Waals surface area contributed by atoms with Crippen molar-refractivity contribution in [2.45, 2.75) is 25.7 Å². The van der Waals surface area contributed by atoms with Gasteiger partial charge in [0.2, 0.25) is 11.8 Å². The van der Waals surface area contributed by atoms with Crippen molar-refractivity contribution < 1.29 is 27.2 Å². The lowest BCUT2D eigenvalue weighted by Gasteiger charge is -2.07. The van der Waals surface area contributed by atoms with E-state index in [2.05, 4.69) is 10.6 Å². The number of hydrogen-bond acceptors (Lipinski definition) is 4. The zero-order valence-corrected chi connectivity index (χ0v) is 18.9. The number of carbonyl (C=O) groups is 2. The lowest BCUT2D eigenvalue weighted by Crippen LogP contribution is -2.15. The average Bonchev–Trinajstić information content (AvgIpc) is 2.73. The number of hydrogen-bond donors (Lipinski definition) is 2. The summed E-state index contributed by atoms with van der Waals surface area (Å²) in [5.74, 6) is -1.72. The molecule has 0 bridgehead atoms. The maximum Gasteiger partial charge on any atom is 0.234 e. The Hall–Kier alpha value is -2.20. The average molecular weight is 489 g/mol. The predicted molar refractivity (Wildman–Crippen MR) is 123 cm³/mol. The van der Waals surface area contributed by atoms with Crippen molar-refractivity contribution in [2.75, 3.05) is 33.6 Å². The van der Waals surface area contributed by atoms with E-state index in [4.69, 9.17) is 0 Å². The highest BCUT2D eigenvalue weighted by molar-refractivity contribution is 8.00. The second-order valence-corrected chi connectivity index (χ2v) is 9.07. The third-order valence-corrected chi connectivity index (χ3v) is 6.29. The molecule has 0 aliphatic carbocycles. The minimum atomic E-state index is -0.804. The largest absolute Gasteiger partial charge is 0.323 e. The van der Waals surface area contributed by atoms with Gasteiger partial charge in [-0.2, -0.15) is 23.5 Å². The molecular weight excluding hydrogens is 464 g/mol. The second kappa shape index (κ2) is 14.1. The third-order valence-electron chi connectivity index (χ3n) is 4.20. The Balaban J connectivity index is 1.45. The molecule has 2 aromatic carbocycles. The molecule has 4 nitrogen and oxygen atoms in total. The maximum absolute atomic E-state index is 13.5. The van der Waals surface area contributed by atoms with Crippen LogP contribution < -0.4 is 10.6 Å². The molecule has 2 amide bonds. The monoisotopic (exact) mass is 488 g/mol. The SMILES string of the molecule is O=C(CSCCCCCCSCC(=O)Nc1ccc(F)cc1F)Nc1ccc(F)cc1F. The van der Waals surface area contributed by atoms with Crippen LogP contribution in [0.3, 0.4) is 0 Å². The van der Waals surface area contributed by atoms with Crippen LogP contribution in [0.5, 0.6) is 0 Å². The summed E-state index contributed by atoms with van der Waals surface area (Å²) in [5, 5.41) is 4.84. The Labute approximate surface area is 192 Å². The molecule has 0 unspecified atom stereocenters. The Morgan fingerprint density at radius 3 is 1.44 bits per heavy atom. The van der Waals surface area contributed by atoms with E-state index in [1.165, 1.54) is 35.7 Å². The fraction of sp³-hybridized carbons (Fsp3) is 0.364. The van der Waals surface area contributed by atoms with E-state index in [0.29, 0.717) is 0 Å². The van der Waals surface area contributed by atoms with E-state index < -0.39 is 23.3 Å². The predicted octanol–water partition coefficient (Wildman–Crippen LogP) is 5.85. The fourth-order valence-corrected chi connectivity index (χ4v) is 4.27. The summed E-state index contributed by atoms with van der Waals surface area (Å²) in [4.78, 5) is 23.6. The molecule has 0 spiro atoms. The molecule has 2 N–H and O–H groups in total. The van der Waals surface area contributed by atoms with Gasteiger partial charge in [-0.1, -0.05) is 12.8 Å². The summed E-state index contributed by atoms with van der Waals surface area (Å²) in [6.45, 7) is 0. The van der Waals surface area contributed by atoms with Gasteiger partial charge in [0.1, 0.15) is 23.3 Å². The van der Waals surface area contributed by atoms with Crippen molar-refractivity contribution in [2.24, 2.45) is 0 Å². The quantitative estimate of drug-likeness (QED) is 0.274. The molecule has 0 aliphatic heterocycles. The molecule has 0 radical (unpaired) electrons. The number of thioether (sulfide) groups is 2. The van der Waals surface area contributed by atoms with Crippen LogP contribution in [0.25, 0.3) is 0 Å². The molecule has 0 fully saturated rings. The number of carbonyl (C=O) groups excluding carboxylic acids is 2. The normalized spacial score (nSPS) is 10.8. The first-order valence-electron chi connectivity index (χ1n) is 10.0. The molecule has 0 heterocycles. The van der Waals surface area contributed by atoms with Crippen molar-refractivity contribution in [1.82, 2.24) is 0 Å². The summed E-state index contributed by atoms with van der Waals surface area (Å²) in [5.41, 5.74) is -0.0723. The van der Waals surface area contributed by atoms with Gasteiger partial charge in [-0.25, -0.2) is 17.6 Å². The molecule has 0 saturated carbocycles. The zero-order chi connectivity index (χ0) is 23.3. The van der Waals surface area contributed by atoms with Gasteiger partial charge in [-0.05, 0) is 48.6 Å². The zero-order valence-electron chi connectivity index (χ0n) is 17.3. The molecule has 2 rings (SSSR count). The molecule has 0 atom stereocenters. The molecular formula is C22H24F4N2O2S2. The number of halogens is 4. The van der Waals surface area contributed by atoms with Crippen molar-refractivity contribution >= 4 is 46.7 Å². The minimum Gasteiger partial charge on any atom is -0.323 e. The van der Waals surface area contributed by atoms with E-state index in [0.717, 1.165) is 61.5 Å². The highest BCUT2D eigenvalue weighted by Crippen LogP contribution is 2.17. The minimum absolute atomic E-state index is 0.0361. The first-order chi connectivity index (χ1) is 15.3. The van der Waals surface area contributed by atoms with Gasteiger partial charge in [0.15, 0.2) is 0 Å². The highest BCUT2D eigenvalue weighted by atomic mass is 32.2. The number of anilines is 2. The lowest BCUT2D eigenvalue weighted by molar-refractivity contribution is -0.114. The third kappa shape index (κ3) is 9.95. The van der Waals surface area contributed by atoms with E-state index in [-0.39, 0.29) is 34.7 Å². The van der Waals surface area contributed by atoms with E-state index in [1.54, 1.807) is 0 Å². The summed E-state index contributed by atoms with van der Waals surface area (Å²) in [6.07, 6.45) is 3.82. The van der Waals surface area contributed by atoms with Crippen LogP contribution in [-0.2, 0) is 9.59 Å². The topological polar surface area (TPSA) is 58.2 Å². The molecule has 10 heteroatoms. The van der Waals surface area contributed by atoms with Crippen LogP contribution in [0.2, 0.25) is 0 Å². The van der Waals surface area contributed by atoms with Crippen LogP contribution >= 0.6 is 23.5 Å². The van der Waals surface area contributed by atoms with Crippen molar-refractivity contribution in [3.63, 3.8) is 0 Å². The van der Waals surface area contributed by atoms with Crippen LogP contribution in [0.15, 0.2) is 36.4 Å². The van der Waals surface area contributed by atoms with Crippen LogP contribution in [0, 0.1) is 23.3 Å². The van der Waals surface area contributed by atoms with Crippen LogP contribution in [0.1, 0.15) is 25.7 Å². The van der Waals surface area contributed by atoms with Gasteiger partial charge in [-0.15, -0.1) is 0 Å². The number of nitrogens with one attached hydrogen (secondary N) is 2.